The first-order chi connectivity index (χ1) is 10.1. The first-order valence-corrected chi connectivity index (χ1v) is 9.11. The third kappa shape index (κ3) is 3.10. The molecule has 0 bridgehead atoms. The maximum absolute atomic E-state index is 12.0. The molecule has 21 heavy (non-hydrogen) atoms. The van der Waals surface area contributed by atoms with Crippen LogP contribution >= 0.6 is 11.3 Å². The van der Waals surface area contributed by atoms with E-state index in [0.717, 1.165) is 28.9 Å². The molecule has 2 saturated carbocycles. The molecule has 116 valence electrons. The molecule has 0 spiro atoms. The second-order valence-corrected chi connectivity index (χ2v) is 7.82. The van der Waals surface area contributed by atoms with Gasteiger partial charge in [-0.05, 0) is 43.4 Å². The second-order valence-electron chi connectivity index (χ2n) is 6.80. The van der Waals surface area contributed by atoms with Crippen LogP contribution in [0.15, 0.2) is 0 Å². The molecule has 2 unspecified atom stereocenters. The number of hydrogen-bond acceptors (Lipinski definition) is 4. The van der Waals surface area contributed by atoms with Gasteiger partial charge in [0.15, 0.2) is 5.78 Å². The zero-order chi connectivity index (χ0) is 15.0. The van der Waals surface area contributed by atoms with E-state index < -0.39 is 0 Å². The van der Waals surface area contributed by atoms with Crippen LogP contribution < -0.4 is 11.1 Å². The van der Waals surface area contributed by atoms with E-state index in [1.807, 2.05) is 6.92 Å². The molecular weight excluding hydrogens is 280 g/mol. The summed E-state index contributed by atoms with van der Waals surface area (Å²) in [4.78, 5) is 12.8. The minimum absolute atomic E-state index is 0.182. The van der Waals surface area contributed by atoms with Crippen molar-refractivity contribution in [3.63, 3.8) is 0 Å². The molecule has 2 aliphatic carbocycles. The van der Waals surface area contributed by atoms with Crippen LogP contribution in [-0.2, 0) is 0 Å². The SMILES string of the molecule is CCC(=O)c1sc(NCC2CCC(C)C2)c(C2CC2)c1N. The lowest BCUT2D eigenvalue weighted by molar-refractivity contribution is 0.0993. The lowest BCUT2D eigenvalue weighted by Gasteiger charge is -2.12. The number of anilines is 2. The Bertz CT molecular complexity index is 533. The Morgan fingerprint density at radius 1 is 1.33 bits per heavy atom. The molecule has 2 aliphatic rings. The zero-order valence-electron chi connectivity index (χ0n) is 13.1. The summed E-state index contributed by atoms with van der Waals surface area (Å²) >= 11 is 1.59. The number of ketones is 1. The molecule has 3 nitrogen and oxygen atoms in total. The third-order valence-corrected chi connectivity index (χ3v) is 6.12. The van der Waals surface area contributed by atoms with Gasteiger partial charge in [-0.3, -0.25) is 4.79 Å². The maximum atomic E-state index is 12.0. The number of carbonyl (C=O) groups is 1. The third-order valence-electron chi connectivity index (χ3n) is 4.90. The lowest BCUT2D eigenvalue weighted by Crippen LogP contribution is -2.11. The summed E-state index contributed by atoms with van der Waals surface area (Å²) in [6, 6.07) is 0. The number of Topliss-reactive ketones (excluding diaryl/α,β-unsaturated/α-hetero) is 1. The molecule has 3 rings (SSSR count). The Morgan fingerprint density at radius 2 is 2.10 bits per heavy atom. The first-order valence-electron chi connectivity index (χ1n) is 8.29. The number of nitrogen functional groups attached to an aromatic ring is 1. The molecule has 1 aromatic rings. The summed E-state index contributed by atoms with van der Waals surface area (Å²) in [5, 5.41) is 4.80. The Hall–Kier alpha value is -1.03. The summed E-state index contributed by atoms with van der Waals surface area (Å²) in [6.07, 6.45) is 6.98. The van der Waals surface area contributed by atoms with Crippen molar-refractivity contribution in [3.05, 3.63) is 10.4 Å². The lowest BCUT2D eigenvalue weighted by atomic mass is 10.1. The van der Waals surface area contributed by atoms with Gasteiger partial charge >= 0.3 is 0 Å². The van der Waals surface area contributed by atoms with Gasteiger partial charge in [0.05, 0.1) is 15.6 Å². The van der Waals surface area contributed by atoms with Crippen molar-refractivity contribution in [2.75, 3.05) is 17.6 Å². The average Bonchev–Trinajstić information content (AvgIpc) is 3.13. The number of nitrogens with one attached hydrogen (secondary N) is 1. The Balaban J connectivity index is 1.75. The summed E-state index contributed by atoms with van der Waals surface area (Å²) in [7, 11) is 0. The van der Waals surface area contributed by atoms with Gasteiger partial charge < -0.3 is 11.1 Å². The van der Waals surface area contributed by atoms with Crippen LogP contribution in [0.4, 0.5) is 10.7 Å². The van der Waals surface area contributed by atoms with Gasteiger partial charge in [-0.15, -0.1) is 11.3 Å². The molecule has 3 N–H and O–H groups in total. The summed E-state index contributed by atoms with van der Waals surface area (Å²) in [5.41, 5.74) is 8.28. The van der Waals surface area contributed by atoms with Crippen LogP contribution in [-0.4, -0.2) is 12.3 Å². The highest BCUT2D eigenvalue weighted by Crippen LogP contribution is 2.51. The number of nitrogens with two attached hydrogens (primary N) is 1. The number of rotatable bonds is 6. The van der Waals surface area contributed by atoms with Crippen molar-refractivity contribution in [1.82, 2.24) is 0 Å². The van der Waals surface area contributed by atoms with Crippen LogP contribution in [0.2, 0.25) is 0 Å². The molecule has 0 aromatic carbocycles. The highest BCUT2D eigenvalue weighted by atomic mass is 32.1. The Morgan fingerprint density at radius 3 is 2.67 bits per heavy atom. The van der Waals surface area contributed by atoms with E-state index in [1.54, 1.807) is 11.3 Å². The normalized spacial score (nSPS) is 25.2. The molecule has 0 amide bonds. The van der Waals surface area contributed by atoms with E-state index in [9.17, 15) is 4.79 Å². The van der Waals surface area contributed by atoms with Crippen LogP contribution in [0, 0.1) is 11.8 Å². The first kappa shape index (κ1) is 14.9. The van der Waals surface area contributed by atoms with Gasteiger partial charge in [-0.2, -0.15) is 0 Å². The van der Waals surface area contributed by atoms with Crippen molar-refractivity contribution >= 4 is 27.8 Å². The van der Waals surface area contributed by atoms with Crippen molar-refractivity contribution < 1.29 is 4.79 Å². The van der Waals surface area contributed by atoms with E-state index >= 15 is 0 Å². The van der Waals surface area contributed by atoms with E-state index in [2.05, 4.69) is 12.2 Å². The molecule has 2 fully saturated rings. The fourth-order valence-corrected chi connectivity index (χ4v) is 4.70. The van der Waals surface area contributed by atoms with Crippen LogP contribution in [0.25, 0.3) is 0 Å². The smallest absolute Gasteiger partial charge is 0.174 e. The van der Waals surface area contributed by atoms with E-state index in [-0.39, 0.29) is 5.78 Å². The molecule has 2 atom stereocenters. The zero-order valence-corrected chi connectivity index (χ0v) is 13.9. The minimum atomic E-state index is 0.182. The predicted octanol–water partition coefficient (Wildman–Crippen LogP) is 4.65. The topological polar surface area (TPSA) is 55.1 Å². The van der Waals surface area contributed by atoms with Gasteiger partial charge in [-0.25, -0.2) is 0 Å². The van der Waals surface area contributed by atoms with Crippen molar-refractivity contribution in [2.45, 2.75) is 58.3 Å². The van der Waals surface area contributed by atoms with Crippen molar-refractivity contribution in [1.29, 1.82) is 0 Å². The van der Waals surface area contributed by atoms with Gasteiger partial charge in [0, 0.05) is 18.5 Å². The molecule has 0 saturated heterocycles. The Labute approximate surface area is 131 Å². The van der Waals surface area contributed by atoms with Crippen molar-refractivity contribution in [2.24, 2.45) is 11.8 Å². The minimum Gasteiger partial charge on any atom is -0.397 e. The molecule has 1 heterocycles. The summed E-state index contributed by atoms with van der Waals surface area (Å²) in [6.45, 7) is 5.28. The van der Waals surface area contributed by atoms with Crippen molar-refractivity contribution in [3.8, 4) is 0 Å². The molecule has 4 heteroatoms. The molecular formula is C17H26N2OS. The van der Waals surface area contributed by atoms with E-state index in [0.29, 0.717) is 12.3 Å². The van der Waals surface area contributed by atoms with Gasteiger partial charge in [0.25, 0.3) is 0 Å². The summed E-state index contributed by atoms with van der Waals surface area (Å²) < 4.78 is 0. The highest BCUT2D eigenvalue weighted by Gasteiger charge is 2.33. The predicted molar refractivity (Wildman–Crippen MR) is 90.3 cm³/mol. The molecule has 0 radical (unpaired) electrons. The second kappa shape index (κ2) is 5.99. The molecule has 1 aromatic heterocycles. The number of thiophene rings is 1. The molecule has 0 aliphatic heterocycles. The van der Waals surface area contributed by atoms with Crippen LogP contribution in [0.3, 0.4) is 0 Å². The fourth-order valence-electron chi connectivity index (χ4n) is 3.48. The highest BCUT2D eigenvalue weighted by molar-refractivity contribution is 7.18. The maximum Gasteiger partial charge on any atom is 0.174 e. The number of carbonyl (C=O) groups excluding carboxylic acids is 1. The van der Waals surface area contributed by atoms with Gasteiger partial charge in [-0.1, -0.05) is 20.3 Å². The largest absolute Gasteiger partial charge is 0.397 e. The average molecular weight is 306 g/mol. The van der Waals surface area contributed by atoms with Gasteiger partial charge in [0.1, 0.15) is 0 Å². The summed E-state index contributed by atoms with van der Waals surface area (Å²) in [5.74, 6) is 2.41. The van der Waals surface area contributed by atoms with Gasteiger partial charge in [0.2, 0.25) is 0 Å². The Kier molecular flexibility index (Phi) is 4.25. The van der Waals surface area contributed by atoms with Crippen LogP contribution in [0.1, 0.15) is 73.5 Å². The fraction of sp³-hybridized carbons (Fsp3) is 0.706. The standard InChI is InChI=1S/C17H26N2OS/c1-3-13(20)16-15(18)14(12-6-7-12)17(21-16)19-9-11-5-4-10(2)8-11/h10-12,19H,3-9,18H2,1-2H3. The monoisotopic (exact) mass is 306 g/mol. The van der Waals surface area contributed by atoms with E-state index in [4.69, 9.17) is 5.73 Å². The van der Waals surface area contributed by atoms with E-state index in [1.165, 1.54) is 42.7 Å². The van der Waals surface area contributed by atoms with Crippen LogP contribution in [0.5, 0.6) is 0 Å². The number of hydrogen-bond donors (Lipinski definition) is 2. The quantitative estimate of drug-likeness (QED) is 0.752.